The van der Waals surface area contributed by atoms with Crippen LogP contribution >= 0.6 is 0 Å². The summed E-state index contributed by atoms with van der Waals surface area (Å²) in [5.74, 6) is -1.57. The van der Waals surface area contributed by atoms with Crippen LogP contribution in [0.2, 0.25) is 0 Å². The topological polar surface area (TPSA) is 75.3 Å². The van der Waals surface area contributed by atoms with Crippen molar-refractivity contribution in [2.45, 2.75) is 18.9 Å². The first-order chi connectivity index (χ1) is 7.59. The molecular weight excluding hydrogens is 211 g/mol. The third-order valence-electron chi connectivity index (χ3n) is 2.83. The lowest BCUT2D eigenvalue weighted by Gasteiger charge is -2.13. The molecule has 5 heteroatoms. The van der Waals surface area contributed by atoms with Gasteiger partial charge >= 0.3 is 5.97 Å². The summed E-state index contributed by atoms with van der Waals surface area (Å²) >= 11 is 0. The van der Waals surface area contributed by atoms with Gasteiger partial charge in [0.05, 0.1) is 5.56 Å². The number of hydrogen-bond donors (Lipinski definition) is 3. The lowest BCUT2D eigenvalue weighted by atomic mass is 10.0. The van der Waals surface area contributed by atoms with Crippen molar-refractivity contribution >= 4 is 11.7 Å². The van der Waals surface area contributed by atoms with E-state index in [0.717, 1.165) is 25.5 Å². The number of anilines is 1. The van der Waals surface area contributed by atoms with E-state index in [0.29, 0.717) is 5.56 Å². The lowest BCUT2D eigenvalue weighted by molar-refractivity contribution is 0.0698. The van der Waals surface area contributed by atoms with Crippen molar-refractivity contribution in [1.82, 2.24) is 5.32 Å². The minimum absolute atomic E-state index is 0.0354. The molecule has 0 aliphatic carbocycles. The second-order valence-corrected chi connectivity index (χ2v) is 3.92. The van der Waals surface area contributed by atoms with Gasteiger partial charge in [-0.3, -0.25) is 0 Å². The highest BCUT2D eigenvalue weighted by Gasteiger charge is 2.22. The standard InChI is InChI=1S/C11H13FN2O2/c12-8-5-9(13)7(11(15)16)4-6(8)10-2-1-3-14-10/h4-5,10,14H,1-3,13H2,(H,15,16)/t10-/m1/s1. The van der Waals surface area contributed by atoms with Crippen LogP contribution in [-0.2, 0) is 0 Å². The fourth-order valence-electron chi connectivity index (χ4n) is 2.01. The Bertz CT molecular complexity index is 428. The Labute approximate surface area is 92.3 Å². The van der Waals surface area contributed by atoms with Gasteiger partial charge in [-0.05, 0) is 31.5 Å². The fraction of sp³-hybridized carbons (Fsp3) is 0.364. The normalized spacial score (nSPS) is 19.9. The molecule has 16 heavy (non-hydrogen) atoms. The first-order valence-corrected chi connectivity index (χ1v) is 5.15. The molecule has 0 aromatic heterocycles. The Morgan fingerprint density at radius 1 is 1.56 bits per heavy atom. The summed E-state index contributed by atoms with van der Waals surface area (Å²) in [7, 11) is 0. The van der Waals surface area contributed by atoms with E-state index in [9.17, 15) is 9.18 Å². The first kappa shape index (κ1) is 10.9. The minimum Gasteiger partial charge on any atom is -0.478 e. The van der Waals surface area contributed by atoms with Crippen LogP contribution in [-0.4, -0.2) is 17.6 Å². The monoisotopic (exact) mass is 224 g/mol. The summed E-state index contributed by atoms with van der Waals surface area (Å²) in [5, 5.41) is 12.0. The van der Waals surface area contributed by atoms with E-state index in [1.54, 1.807) is 0 Å². The molecule has 1 saturated heterocycles. The zero-order valence-corrected chi connectivity index (χ0v) is 8.66. The Kier molecular flexibility index (Phi) is 2.78. The maximum Gasteiger partial charge on any atom is 0.337 e. The molecule has 4 nitrogen and oxygen atoms in total. The maximum atomic E-state index is 13.6. The van der Waals surface area contributed by atoms with Crippen molar-refractivity contribution in [1.29, 1.82) is 0 Å². The van der Waals surface area contributed by atoms with Gasteiger partial charge in [0.25, 0.3) is 0 Å². The van der Waals surface area contributed by atoms with Crippen LogP contribution in [0.15, 0.2) is 12.1 Å². The number of rotatable bonds is 2. The van der Waals surface area contributed by atoms with E-state index < -0.39 is 11.8 Å². The van der Waals surface area contributed by atoms with Crippen molar-refractivity contribution < 1.29 is 14.3 Å². The molecule has 0 radical (unpaired) electrons. The summed E-state index contributed by atoms with van der Waals surface area (Å²) < 4.78 is 13.6. The molecule has 0 saturated carbocycles. The van der Waals surface area contributed by atoms with Gasteiger partial charge in [0.2, 0.25) is 0 Å². The van der Waals surface area contributed by atoms with Gasteiger partial charge in [0, 0.05) is 17.3 Å². The van der Waals surface area contributed by atoms with Gasteiger partial charge in [-0.25, -0.2) is 9.18 Å². The van der Waals surface area contributed by atoms with Crippen LogP contribution in [0.5, 0.6) is 0 Å². The molecule has 2 rings (SSSR count). The summed E-state index contributed by atoms with van der Waals surface area (Å²) in [5.41, 5.74) is 5.77. The molecule has 1 aliphatic heterocycles. The SMILES string of the molecule is Nc1cc(F)c([C@H]2CCCN2)cc1C(=O)O. The Hall–Kier alpha value is -1.62. The number of nitrogens with one attached hydrogen (secondary N) is 1. The molecule has 1 fully saturated rings. The van der Waals surface area contributed by atoms with Crippen LogP contribution in [0.1, 0.15) is 34.8 Å². The molecule has 1 heterocycles. The Balaban J connectivity index is 2.44. The van der Waals surface area contributed by atoms with Crippen molar-refractivity contribution in [2.24, 2.45) is 0 Å². The maximum absolute atomic E-state index is 13.6. The molecular formula is C11H13FN2O2. The molecule has 0 amide bonds. The molecule has 1 aliphatic rings. The van der Waals surface area contributed by atoms with E-state index in [4.69, 9.17) is 10.8 Å². The zero-order chi connectivity index (χ0) is 11.7. The quantitative estimate of drug-likeness (QED) is 0.666. The number of carboxylic acids is 1. The minimum atomic E-state index is -1.13. The number of carbonyl (C=O) groups is 1. The molecule has 0 spiro atoms. The van der Waals surface area contributed by atoms with Gasteiger partial charge in [-0.2, -0.15) is 0 Å². The van der Waals surface area contributed by atoms with Crippen molar-refractivity contribution in [2.75, 3.05) is 12.3 Å². The van der Waals surface area contributed by atoms with Gasteiger partial charge in [0.1, 0.15) is 5.82 Å². The van der Waals surface area contributed by atoms with Crippen LogP contribution < -0.4 is 11.1 Å². The third kappa shape index (κ3) is 1.86. The van der Waals surface area contributed by atoms with Crippen molar-refractivity contribution in [3.8, 4) is 0 Å². The van der Waals surface area contributed by atoms with Crippen LogP contribution in [0.25, 0.3) is 0 Å². The fourth-order valence-corrected chi connectivity index (χ4v) is 2.01. The smallest absolute Gasteiger partial charge is 0.337 e. The number of carboxylic acid groups (broad SMARTS) is 1. The van der Waals surface area contributed by atoms with Crippen molar-refractivity contribution in [3.63, 3.8) is 0 Å². The largest absolute Gasteiger partial charge is 0.478 e. The van der Waals surface area contributed by atoms with Gasteiger partial charge < -0.3 is 16.2 Å². The second-order valence-electron chi connectivity index (χ2n) is 3.92. The third-order valence-corrected chi connectivity index (χ3v) is 2.83. The molecule has 1 aromatic rings. The molecule has 4 N–H and O–H groups in total. The average Bonchev–Trinajstić information content (AvgIpc) is 2.70. The van der Waals surface area contributed by atoms with Crippen LogP contribution in [0.3, 0.4) is 0 Å². The molecule has 0 unspecified atom stereocenters. The van der Waals surface area contributed by atoms with E-state index in [1.807, 2.05) is 0 Å². The summed E-state index contributed by atoms with van der Waals surface area (Å²) in [4.78, 5) is 10.9. The summed E-state index contributed by atoms with van der Waals surface area (Å²) in [6, 6.07) is 2.31. The second kappa shape index (κ2) is 4.09. The Morgan fingerprint density at radius 2 is 2.31 bits per heavy atom. The van der Waals surface area contributed by atoms with E-state index in [2.05, 4.69) is 5.32 Å². The number of hydrogen-bond acceptors (Lipinski definition) is 3. The lowest BCUT2D eigenvalue weighted by Crippen LogP contribution is -2.16. The first-order valence-electron chi connectivity index (χ1n) is 5.15. The highest BCUT2D eigenvalue weighted by molar-refractivity contribution is 5.93. The summed E-state index contributed by atoms with van der Waals surface area (Å²) in [6.07, 6.45) is 1.79. The number of nitrogen functional groups attached to an aromatic ring is 1. The number of aromatic carboxylic acids is 1. The molecule has 1 atom stereocenters. The van der Waals surface area contributed by atoms with Gasteiger partial charge in [0.15, 0.2) is 0 Å². The average molecular weight is 224 g/mol. The zero-order valence-electron chi connectivity index (χ0n) is 8.66. The number of benzene rings is 1. The predicted octanol–water partition coefficient (Wildman–Crippen LogP) is 1.53. The number of halogens is 1. The van der Waals surface area contributed by atoms with Crippen LogP contribution in [0, 0.1) is 5.82 Å². The van der Waals surface area contributed by atoms with Gasteiger partial charge in [-0.1, -0.05) is 0 Å². The molecule has 86 valence electrons. The number of nitrogens with two attached hydrogens (primary N) is 1. The van der Waals surface area contributed by atoms with E-state index in [-0.39, 0.29) is 17.3 Å². The molecule has 1 aromatic carbocycles. The van der Waals surface area contributed by atoms with E-state index in [1.165, 1.54) is 6.07 Å². The van der Waals surface area contributed by atoms with E-state index >= 15 is 0 Å². The van der Waals surface area contributed by atoms with Crippen LogP contribution in [0.4, 0.5) is 10.1 Å². The van der Waals surface area contributed by atoms with Gasteiger partial charge in [-0.15, -0.1) is 0 Å². The van der Waals surface area contributed by atoms with Crippen molar-refractivity contribution in [3.05, 3.63) is 29.1 Å². The highest BCUT2D eigenvalue weighted by Crippen LogP contribution is 2.28. The Morgan fingerprint density at radius 3 is 2.88 bits per heavy atom. The predicted molar refractivity (Wildman–Crippen MR) is 57.7 cm³/mol. The molecule has 0 bridgehead atoms. The summed E-state index contributed by atoms with van der Waals surface area (Å²) in [6.45, 7) is 0.830. The highest BCUT2D eigenvalue weighted by atomic mass is 19.1.